The van der Waals surface area contributed by atoms with Crippen molar-refractivity contribution in [3.05, 3.63) is 0 Å². The third-order valence-corrected chi connectivity index (χ3v) is 6.59. The van der Waals surface area contributed by atoms with E-state index in [1.807, 2.05) is 0 Å². The lowest BCUT2D eigenvalue weighted by atomic mass is 9.26. The first-order valence-corrected chi connectivity index (χ1v) is 6.44. The van der Waals surface area contributed by atoms with Gasteiger partial charge in [0, 0.05) is 0 Å². The molecule has 0 heteroatoms. The number of hydrogen-bond acceptors (Lipinski definition) is 0. The van der Waals surface area contributed by atoms with E-state index in [0.29, 0.717) is 10.8 Å². The van der Waals surface area contributed by atoms with Gasteiger partial charge in [0.05, 0.1) is 0 Å². The minimum atomic E-state index is 0.637. The summed E-state index contributed by atoms with van der Waals surface area (Å²) in [6, 6.07) is 0. The van der Waals surface area contributed by atoms with Crippen molar-refractivity contribution in [2.75, 3.05) is 0 Å². The monoisotopic (exact) mass is 194 g/mol. The molecule has 0 amide bonds. The fourth-order valence-corrected chi connectivity index (χ4v) is 5.06. The van der Waals surface area contributed by atoms with Gasteiger partial charge in [0.25, 0.3) is 0 Å². The van der Waals surface area contributed by atoms with Crippen LogP contribution in [0.1, 0.15) is 54.4 Å². The molecule has 0 spiro atoms. The summed E-state index contributed by atoms with van der Waals surface area (Å²) >= 11 is 0. The van der Waals surface area contributed by atoms with Crippen molar-refractivity contribution in [1.29, 1.82) is 0 Å². The molecule has 2 aliphatic carbocycles. The molecule has 2 unspecified atom stereocenters. The Morgan fingerprint density at radius 2 is 1.07 bits per heavy atom. The van der Waals surface area contributed by atoms with Crippen molar-refractivity contribution in [3.8, 4) is 0 Å². The molecule has 2 aliphatic rings. The molecule has 0 aromatic carbocycles. The molecular formula is C14H26. The van der Waals surface area contributed by atoms with Crippen molar-refractivity contribution >= 4 is 0 Å². The number of hydrogen-bond donors (Lipinski definition) is 0. The van der Waals surface area contributed by atoms with Crippen molar-refractivity contribution in [1.82, 2.24) is 0 Å². The fraction of sp³-hybridized carbons (Fsp3) is 1.00. The maximum Gasteiger partial charge on any atom is -0.0238 e. The largest absolute Gasteiger partial charge is 0.0648 e. The minimum Gasteiger partial charge on any atom is -0.0648 e. The van der Waals surface area contributed by atoms with Crippen molar-refractivity contribution < 1.29 is 0 Å². The van der Waals surface area contributed by atoms with Crippen LogP contribution >= 0.6 is 0 Å². The van der Waals surface area contributed by atoms with E-state index in [1.54, 1.807) is 0 Å². The Labute approximate surface area is 89.5 Å². The van der Waals surface area contributed by atoms with Crippen LogP contribution in [0.4, 0.5) is 0 Å². The third kappa shape index (κ3) is 0.785. The summed E-state index contributed by atoms with van der Waals surface area (Å²) < 4.78 is 0. The lowest BCUT2D eigenvalue weighted by Crippen LogP contribution is -2.73. The highest BCUT2D eigenvalue weighted by molar-refractivity contribution is 5.20. The predicted molar refractivity (Wildman–Crippen MR) is 62.1 cm³/mol. The van der Waals surface area contributed by atoms with Gasteiger partial charge < -0.3 is 0 Å². The SMILES string of the molecule is CCC1(C)[C@@H]2[C@H](C)[C@H](C)[C@@H]2C1(C)CC. The van der Waals surface area contributed by atoms with E-state index in [9.17, 15) is 0 Å². The van der Waals surface area contributed by atoms with Crippen LogP contribution < -0.4 is 0 Å². The van der Waals surface area contributed by atoms with Crippen molar-refractivity contribution in [3.63, 3.8) is 0 Å². The third-order valence-electron chi connectivity index (χ3n) is 6.59. The second-order valence-electron chi connectivity index (χ2n) is 6.31. The average Bonchev–Trinajstić information content (AvgIpc) is 2.21. The highest BCUT2D eigenvalue weighted by atomic mass is 14.8. The molecule has 82 valence electrons. The Morgan fingerprint density at radius 3 is 1.29 bits per heavy atom. The molecule has 0 aliphatic heterocycles. The zero-order chi connectivity index (χ0) is 10.7. The molecule has 0 bridgehead atoms. The molecule has 6 atom stereocenters. The summed E-state index contributed by atoms with van der Waals surface area (Å²) in [6.45, 7) is 14.8. The molecule has 2 saturated carbocycles. The van der Waals surface area contributed by atoms with Gasteiger partial charge in [0.15, 0.2) is 0 Å². The van der Waals surface area contributed by atoms with Gasteiger partial charge in [0.1, 0.15) is 0 Å². The van der Waals surface area contributed by atoms with Crippen LogP contribution in [0.3, 0.4) is 0 Å². The van der Waals surface area contributed by atoms with Crippen molar-refractivity contribution in [2.45, 2.75) is 54.4 Å². The Hall–Kier alpha value is 0. The van der Waals surface area contributed by atoms with Gasteiger partial charge in [-0.15, -0.1) is 0 Å². The fourth-order valence-electron chi connectivity index (χ4n) is 5.06. The summed E-state index contributed by atoms with van der Waals surface area (Å²) in [7, 11) is 0. The molecule has 2 fully saturated rings. The van der Waals surface area contributed by atoms with Crippen molar-refractivity contribution in [2.24, 2.45) is 34.5 Å². The van der Waals surface area contributed by atoms with Gasteiger partial charge >= 0.3 is 0 Å². The number of rotatable bonds is 2. The first kappa shape index (κ1) is 10.5. The van der Waals surface area contributed by atoms with Gasteiger partial charge in [0.2, 0.25) is 0 Å². The Kier molecular flexibility index (Phi) is 2.08. The molecule has 0 N–H and O–H groups in total. The number of fused-ring (bicyclic) bond motifs is 1. The van der Waals surface area contributed by atoms with Gasteiger partial charge in [-0.1, -0.05) is 41.5 Å². The van der Waals surface area contributed by atoms with Gasteiger partial charge in [-0.25, -0.2) is 0 Å². The van der Waals surface area contributed by atoms with Crippen LogP contribution in [0.5, 0.6) is 0 Å². The first-order valence-electron chi connectivity index (χ1n) is 6.44. The normalized spacial score (nSPS) is 61.3. The van der Waals surface area contributed by atoms with Crippen LogP contribution in [-0.4, -0.2) is 0 Å². The van der Waals surface area contributed by atoms with Crippen LogP contribution in [0.2, 0.25) is 0 Å². The van der Waals surface area contributed by atoms with E-state index in [0.717, 1.165) is 23.7 Å². The van der Waals surface area contributed by atoms with E-state index in [2.05, 4.69) is 41.5 Å². The molecular weight excluding hydrogens is 168 g/mol. The molecule has 14 heavy (non-hydrogen) atoms. The topological polar surface area (TPSA) is 0 Å². The van der Waals surface area contributed by atoms with E-state index < -0.39 is 0 Å². The molecule has 0 radical (unpaired) electrons. The minimum absolute atomic E-state index is 0.637. The molecule has 0 aromatic heterocycles. The Bertz CT molecular complexity index is 218. The second-order valence-corrected chi connectivity index (χ2v) is 6.31. The summed E-state index contributed by atoms with van der Waals surface area (Å²) in [5.41, 5.74) is 1.27. The lowest BCUT2D eigenvalue weighted by Gasteiger charge is -2.78. The average molecular weight is 194 g/mol. The van der Waals surface area contributed by atoms with Crippen LogP contribution in [-0.2, 0) is 0 Å². The van der Waals surface area contributed by atoms with Gasteiger partial charge in [-0.05, 0) is 47.3 Å². The quantitative estimate of drug-likeness (QED) is 0.613. The van der Waals surface area contributed by atoms with Crippen LogP contribution in [0.15, 0.2) is 0 Å². The standard InChI is InChI=1S/C14H26/c1-7-13(5)11-9(3)10(4)12(11)14(13,6)8-2/h9-12H,7-8H2,1-6H3/t9-,10+,11-,12+,13?,14?. The second kappa shape index (κ2) is 2.77. The van der Waals surface area contributed by atoms with E-state index in [-0.39, 0.29) is 0 Å². The molecule has 0 heterocycles. The zero-order valence-corrected chi connectivity index (χ0v) is 10.7. The Morgan fingerprint density at radius 1 is 0.786 bits per heavy atom. The first-order chi connectivity index (χ1) is 6.44. The van der Waals surface area contributed by atoms with E-state index in [1.165, 1.54) is 12.8 Å². The summed E-state index contributed by atoms with van der Waals surface area (Å²) in [6.07, 6.45) is 2.74. The highest BCUT2D eigenvalue weighted by Gasteiger charge is 2.73. The molecule has 0 nitrogen and oxygen atoms in total. The predicted octanol–water partition coefficient (Wildman–Crippen LogP) is 4.35. The lowest BCUT2D eigenvalue weighted by molar-refractivity contribution is -0.307. The van der Waals surface area contributed by atoms with E-state index >= 15 is 0 Å². The maximum atomic E-state index is 2.54. The van der Waals surface area contributed by atoms with Gasteiger partial charge in [-0.2, -0.15) is 0 Å². The molecule has 0 saturated heterocycles. The molecule has 2 rings (SSSR count). The van der Waals surface area contributed by atoms with Crippen LogP contribution in [0, 0.1) is 34.5 Å². The van der Waals surface area contributed by atoms with Gasteiger partial charge in [-0.3, -0.25) is 0 Å². The Balaban J connectivity index is 2.28. The smallest absolute Gasteiger partial charge is 0.0238 e. The summed E-state index contributed by atoms with van der Waals surface area (Å²) in [4.78, 5) is 0. The zero-order valence-electron chi connectivity index (χ0n) is 10.7. The van der Waals surface area contributed by atoms with E-state index in [4.69, 9.17) is 0 Å². The maximum absolute atomic E-state index is 2.54. The molecule has 0 aromatic rings. The summed E-state index contributed by atoms with van der Waals surface area (Å²) in [5.74, 6) is 4.02. The summed E-state index contributed by atoms with van der Waals surface area (Å²) in [5, 5.41) is 0. The van der Waals surface area contributed by atoms with Crippen LogP contribution in [0.25, 0.3) is 0 Å². The highest BCUT2D eigenvalue weighted by Crippen LogP contribution is 2.78.